The maximum Gasteiger partial charge on any atom is 0.227 e. The molecule has 3 aromatic rings. The van der Waals surface area contributed by atoms with E-state index in [1.165, 1.54) is 12.7 Å². The summed E-state index contributed by atoms with van der Waals surface area (Å²) in [6, 6.07) is 7.42. The van der Waals surface area contributed by atoms with Crippen molar-refractivity contribution in [3.8, 4) is 5.82 Å². The third-order valence-electron chi connectivity index (χ3n) is 5.01. The molecule has 0 unspecified atom stereocenters. The SMILES string of the molecule is Cc1c(Cl)cccc1NC(=O)C1CCN(c2cc(-n3cncn3)ncn2)CC1. The minimum Gasteiger partial charge on any atom is -0.356 e. The lowest BCUT2D eigenvalue weighted by molar-refractivity contribution is -0.120. The van der Waals surface area contributed by atoms with Crippen LogP contribution in [-0.4, -0.2) is 43.7 Å². The van der Waals surface area contributed by atoms with Gasteiger partial charge in [0.25, 0.3) is 0 Å². The van der Waals surface area contributed by atoms with E-state index in [-0.39, 0.29) is 11.8 Å². The van der Waals surface area contributed by atoms with E-state index in [4.69, 9.17) is 11.6 Å². The smallest absolute Gasteiger partial charge is 0.227 e. The molecule has 1 saturated heterocycles. The molecule has 0 radical (unpaired) electrons. The first-order valence-electron chi connectivity index (χ1n) is 9.10. The van der Waals surface area contributed by atoms with Crippen LogP contribution >= 0.6 is 11.6 Å². The monoisotopic (exact) mass is 397 g/mol. The molecule has 0 spiro atoms. The van der Waals surface area contributed by atoms with Gasteiger partial charge in [-0.3, -0.25) is 4.79 Å². The summed E-state index contributed by atoms with van der Waals surface area (Å²) >= 11 is 6.14. The predicted octanol–water partition coefficient (Wildman–Crippen LogP) is 2.87. The molecule has 3 heterocycles. The second kappa shape index (κ2) is 7.93. The number of halogens is 1. The molecular formula is C19H20ClN7O. The van der Waals surface area contributed by atoms with E-state index in [2.05, 4.69) is 30.3 Å². The molecule has 1 amide bonds. The molecule has 9 heteroatoms. The zero-order chi connectivity index (χ0) is 19.5. The first kappa shape index (κ1) is 18.4. The number of nitrogens with zero attached hydrogens (tertiary/aromatic N) is 6. The zero-order valence-corrected chi connectivity index (χ0v) is 16.2. The molecule has 0 aliphatic carbocycles. The highest BCUT2D eigenvalue weighted by Crippen LogP contribution is 2.26. The Morgan fingerprint density at radius 2 is 1.96 bits per heavy atom. The molecule has 1 aromatic carbocycles. The fraction of sp³-hybridized carbons (Fsp3) is 0.316. The Morgan fingerprint density at radius 1 is 1.18 bits per heavy atom. The average molecular weight is 398 g/mol. The maximum absolute atomic E-state index is 12.7. The number of carbonyl (C=O) groups excluding carboxylic acids is 1. The topological polar surface area (TPSA) is 88.8 Å². The fourth-order valence-electron chi connectivity index (χ4n) is 3.31. The van der Waals surface area contributed by atoms with Crippen molar-refractivity contribution in [2.24, 2.45) is 5.92 Å². The minimum atomic E-state index is -0.0359. The van der Waals surface area contributed by atoms with Gasteiger partial charge in [-0.25, -0.2) is 19.6 Å². The lowest BCUT2D eigenvalue weighted by Gasteiger charge is -2.32. The van der Waals surface area contributed by atoms with Crippen LogP contribution in [0.15, 0.2) is 43.2 Å². The quantitative estimate of drug-likeness (QED) is 0.728. The van der Waals surface area contributed by atoms with E-state index < -0.39 is 0 Å². The van der Waals surface area contributed by atoms with Crippen molar-refractivity contribution in [3.05, 3.63) is 53.8 Å². The van der Waals surface area contributed by atoms with E-state index in [9.17, 15) is 4.79 Å². The van der Waals surface area contributed by atoms with E-state index in [0.29, 0.717) is 10.8 Å². The van der Waals surface area contributed by atoms with Gasteiger partial charge in [-0.05, 0) is 37.5 Å². The molecule has 2 aromatic heterocycles. The van der Waals surface area contributed by atoms with Gasteiger partial charge in [-0.2, -0.15) is 5.10 Å². The number of piperidine rings is 1. The molecule has 28 heavy (non-hydrogen) atoms. The van der Waals surface area contributed by atoms with Crippen LogP contribution in [0.2, 0.25) is 5.02 Å². The molecule has 1 fully saturated rings. The molecule has 1 aliphatic rings. The summed E-state index contributed by atoms with van der Waals surface area (Å²) in [6.07, 6.45) is 6.10. The average Bonchev–Trinajstić information content (AvgIpc) is 3.27. The minimum absolute atomic E-state index is 0.0359. The largest absolute Gasteiger partial charge is 0.356 e. The van der Waals surface area contributed by atoms with Crippen LogP contribution in [0.4, 0.5) is 11.5 Å². The molecule has 0 saturated carbocycles. The second-order valence-corrected chi connectivity index (χ2v) is 7.14. The van der Waals surface area contributed by atoms with Gasteiger partial charge in [0.1, 0.15) is 24.8 Å². The van der Waals surface area contributed by atoms with Gasteiger partial charge < -0.3 is 10.2 Å². The molecular weight excluding hydrogens is 378 g/mol. The number of anilines is 2. The Labute approximate surface area is 167 Å². The van der Waals surface area contributed by atoms with Crippen molar-refractivity contribution in [2.75, 3.05) is 23.3 Å². The maximum atomic E-state index is 12.7. The Hall–Kier alpha value is -3.00. The van der Waals surface area contributed by atoms with Crippen molar-refractivity contribution in [3.63, 3.8) is 0 Å². The summed E-state index contributed by atoms with van der Waals surface area (Å²) in [4.78, 5) is 27.4. The number of hydrogen-bond donors (Lipinski definition) is 1. The van der Waals surface area contributed by atoms with Crippen LogP contribution in [0, 0.1) is 12.8 Å². The van der Waals surface area contributed by atoms with Gasteiger partial charge in [0.05, 0.1) is 0 Å². The summed E-state index contributed by atoms with van der Waals surface area (Å²) < 4.78 is 1.60. The van der Waals surface area contributed by atoms with Crippen LogP contribution < -0.4 is 10.2 Å². The van der Waals surface area contributed by atoms with Crippen LogP contribution in [0.25, 0.3) is 5.82 Å². The standard InChI is InChI=1S/C19H20ClN7O/c1-13-15(20)3-2-4-16(13)25-19(28)14-5-7-26(8-6-14)17-9-18(23-11-22-17)27-12-21-10-24-27/h2-4,9-12,14H,5-8H2,1H3,(H,25,28). The summed E-state index contributed by atoms with van der Waals surface area (Å²) in [5.74, 6) is 1.49. The summed E-state index contributed by atoms with van der Waals surface area (Å²) in [7, 11) is 0. The third kappa shape index (κ3) is 3.82. The summed E-state index contributed by atoms with van der Waals surface area (Å²) in [5, 5.41) is 7.76. The molecule has 1 aliphatic heterocycles. The van der Waals surface area contributed by atoms with Gasteiger partial charge in [0.2, 0.25) is 5.91 Å². The number of aromatic nitrogens is 5. The lowest BCUT2D eigenvalue weighted by atomic mass is 9.95. The van der Waals surface area contributed by atoms with Crippen LogP contribution in [0.5, 0.6) is 0 Å². The van der Waals surface area contributed by atoms with Gasteiger partial charge in [-0.15, -0.1) is 0 Å². The molecule has 0 atom stereocenters. The number of hydrogen-bond acceptors (Lipinski definition) is 6. The number of benzene rings is 1. The number of carbonyl (C=O) groups is 1. The first-order chi connectivity index (χ1) is 13.6. The Kier molecular flexibility index (Phi) is 5.21. The highest BCUT2D eigenvalue weighted by atomic mass is 35.5. The van der Waals surface area contributed by atoms with Crippen molar-refractivity contribution >= 4 is 29.0 Å². The molecule has 1 N–H and O–H groups in total. The highest BCUT2D eigenvalue weighted by molar-refractivity contribution is 6.31. The van der Waals surface area contributed by atoms with Gasteiger partial charge in [-0.1, -0.05) is 17.7 Å². The number of amides is 1. The van der Waals surface area contributed by atoms with Crippen LogP contribution in [0.3, 0.4) is 0 Å². The summed E-state index contributed by atoms with van der Waals surface area (Å²) in [6.45, 7) is 3.41. The molecule has 0 bridgehead atoms. The van der Waals surface area contributed by atoms with E-state index in [0.717, 1.165) is 43.0 Å². The lowest BCUT2D eigenvalue weighted by Crippen LogP contribution is -2.38. The summed E-state index contributed by atoms with van der Waals surface area (Å²) in [5.41, 5.74) is 1.66. The Morgan fingerprint density at radius 3 is 2.71 bits per heavy atom. The van der Waals surface area contributed by atoms with Crippen LogP contribution in [-0.2, 0) is 4.79 Å². The van der Waals surface area contributed by atoms with Crippen LogP contribution in [0.1, 0.15) is 18.4 Å². The van der Waals surface area contributed by atoms with Crippen molar-refractivity contribution in [1.29, 1.82) is 0 Å². The third-order valence-corrected chi connectivity index (χ3v) is 5.42. The molecule has 8 nitrogen and oxygen atoms in total. The van der Waals surface area contributed by atoms with Crippen molar-refractivity contribution in [2.45, 2.75) is 19.8 Å². The van der Waals surface area contributed by atoms with Gasteiger partial charge in [0.15, 0.2) is 5.82 Å². The Bertz CT molecular complexity index is 968. The van der Waals surface area contributed by atoms with E-state index in [1.807, 2.05) is 31.2 Å². The molecule has 144 valence electrons. The Balaban J connectivity index is 1.39. The number of nitrogens with one attached hydrogen (secondary N) is 1. The van der Waals surface area contributed by atoms with Gasteiger partial charge in [0, 0.05) is 35.8 Å². The van der Waals surface area contributed by atoms with Crippen molar-refractivity contribution in [1.82, 2.24) is 24.7 Å². The number of rotatable bonds is 4. The second-order valence-electron chi connectivity index (χ2n) is 6.74. The zero-order valence-electron chi connectivity index (χ0n) is 15.4. The van der Waals surface area contributed by atoms with Crippen molar-refractivity contribution < 1.29 is 4.79 Å². The normalized spacial score (nSPS) is 14.9. The van der Waals surface area contributed by atoms with E-state index in [1.54, 1.807) is 11.0 Å². The molecule has 4 rings (SSSR count). The van der Waals surface area contributed by atoms with E-state index >= 15 is 0 Å². The highest BCUT2D eigenvalue weighted by Gasteiger charge is 2.26. The first-order valence-corrected chi connectivity index (χ1v) is 9.47. The fourth-order valence-corrected chi connectivity index (χ4v) is 3.48. The predicted molar refractivity (Wildman–Crippen MR) is 107 cm³/mol. The van der Waals surface area contributed by atoms with Gasteiger partial charge >= 0.3 is 0 Å².